The second kappa shape index (κ2) is 5.22. The van der Waals surface area contributed by atoms with E-state index in [1.54, 1.807) is 13.0 Å². The molecular formula is C10H12N2O4. The lowest BCUT2D eigenvalue weighted by atomic mass is 10.1. The Kier molecular flexibility index (Phi) is 3.96. The number of nitro benzene ring substituents is 1. The fourth-order valence-electron chi connectivity index (χ4n) is 1.28. The van der Waals surface area contributed by atoms with Gasteiger partial charge in [-0.15, -0.1) is 0 Å². The Labute approximate surface area is 92.2 Å². The molecule has 0 spiro atoms. The normalized spacial score (nSPS) is 11.9. The van der Waals surface area contributed by atoms with Gasteiger partial charge in [0.05, 0.1) is 17.1 Å². The first-order valence-electron chi connectivity index (χ1n) is 4.73. The molecule has 0 bridgehead atoms. The number of benzene rings is 1. The van der Waals surface area contributed by atoms with Crippen LogP contribution in [0.25, 0.3) is 0 Å². The van der Waals surface area contributed by atoms with Crippen LogP contribution in [0, 0.1) is 10.1 Å². The van der Waals surface area contributed by atoms with E-state index in [4.69, 9.17) is 10.5 Å². The summed E-state index contributed by atoms with van der Waals surface area (Å²) in [4.78, 5) is 21.5. The van der Waals surface area contributed by atoms with Crippen molar-refractivity contribution in [2.45, 2.75) is 13.0 Å². The molecule has 1 aromatic carbocycles. The lowest BCUT2D eigenvalue weighted by molar-refractivity contribution is -0.385. The molecule has 0 radical (unpaired) electrons. The van der Waals surface area contributed by atoms with E-state index < -0.39 is 16.9 Å². The first kappa shape index (κ1) is 12.1. The summed E-state index contributed by atoms with van der Waals surface area (Å²) in [5.41, 5.74) is 5.56. The van der Waals surface area contributed by atoms with E-state index in [-0.39, 0.29) is 17.9 Å². The smallest absolute Gasteiger partial charge is 0.327 e. The maximum absolute atomic E-state index is 11.3. The third-order valence-corrected chi connectivity index (χ3v) is 2.01. The number of hydrogen-bond acceptors (Lipinski definition) is 5. The molecule has 0 amide bonds. The van der Waals surface area contributed by atoms with Crippen molar-refractivity contribution >= 4 is 11.7 Å². The standard InChI is InChI=1S/C10H12N2O4/c1-2-16-10(13)9(11)7-5-3-4-6-8(7)12(14)15/h3-6,9H,2,11H2,1H3/t9-/m1/s1. The van der Waals surface area contributed by atoms with Gasteiger partial charge < -0.3 is 10.5 Å². The first-order chi connectivity index (χ1) is 7.57. The maximum atomic E-state index is 11.3. The highest BCUT2D eigenvalue weighted by atomic mass is 16.6. The molecule has 6 nitrogen and oxygen atoms in total. The number of esters is 1. The Morgan fingerprint density at radius 1 is 1.56 bits per heavy atom. The van der Waals surface area contributed by atoms with Gasteiger partial charge in [0, 0.05) is 6.07 Å². The summed E-state index contributed by atoms with van der Waals surface area (Å²) in [5, 5.41) is 10.7. The van der Waals surface area contributed by atoms with Gasteiger partial charge >= 0.3 is 5.97 Å². The Balaban J connectivity index is 3.03. The zero-order valence-electron chi connectivity index (χ0n) is 8.75. The number of nitrogens with two attached hydrogens (primary N) is 1. The minimum Gasteiger partial charge on any atom is -0.465 e. The molecule has 0 unspecified atom stereocenters. The molecular weight excluding hydrogens is 212 g/mol. The number of nitrogens with zero attached hydrogens (tertiary/aromatic N) is 1. The third-order valence-electron chi connectivity index (χ3n) is 2.01. The summed E-state index contributed by atoms with van der Waals surface area (Å²) < 4.78 is 4.71. The first-order valence-corrected chi connectivity index (χ1v) is 4.73. The van der Waals surface area contributed by atoms with E-state index in [9.17, 15) is 14.9 Å². The van der Waals surface area contributed by atoms with Crippen molar-refractivity contribution in [1.82, 2.24) is 0 Å². The molecule has 6 heteroatoms. The van der Waals surface area contributed by atoms with Crippen molar-refractivity contribution in [2.24, 2.45) is 5.73 Å². The van der Waals surface area contributed by atoms with Crippen molar-refractivity contribution in [2.75, 3.05) is 6.61 Å². The van der Waals surface area contributed by atoms with E-state index >= 15 is 0 Å². The van der Waals surface area contributed by atoms with Gasteiger partial charge in [0.15, 0.2) is 0 Å². The van der Waals surface area contributed by atoms with E-state index in [2.05, 4.69) is 0 Å². The predicted octanol–water partition coefficient (Wildman–Crippen LogP) is 1.16. The summed E-state index contributed by atoms with van der Waals surface area (Å²) in [6, 6.07) is 4.72. The van der Waals surface area contributed by atoms with E-state index in [0.29, 0.717) is 0 Å². The fraction of sp³-hybridized carbons (Fsp3) is 0.300. The molecule has 0 aliphatic rings. The van der Waals surface area contributed by atoms with Gasteiger partial charge in [-0.05, 0) is 13.0 Å². The van der Waals surface area contributed by atoms with Crippen molar-refractivity contribution in [3.63, 3.8) is 0 Å². The molecule has 86 valence electrons. The summed E-state index contributed by atoms with van der Waals surface area (Å²) in [5.74, 6) is -0.670. The lowest BCUT2D eigenvalue weighted by Crippen LogP contribution is -2.24. The van der Waals surface area contributed by atoms with E-state index in [1.165, 1.54) is 18.2 Å². The van der Waals surface area contributed by atoms with Crippen molar-refractivity contribution in [3.05, 3.63) is 39.9 Å². The zero-order valence-corrected chi connectivity index (χ0v) is 8.75. The molecule has 0 aliphatic carbocycles. The Morgan fingerprint density at radius 3 is 2.75 bits per heavy atom. The second-order valence-electron chi connectivity index (χ2n) is 3.05. The summed E-state index contributed by atoms with van der Waals surface area (Å²) in [6.45, 7) is 1.83. The minimum atomic E-state index is -1.12. The molecule has 1 rings (SSSR count). The largest absolute Gasteiger partial charge is 0.465 e. The van der Waals surface area contributed by atoms with Crippen LogP contribution in [0.3, 0.4) is 0 Å². The summed E-state index contributed by atoms with van der Waals surface area (Å²) >= 11 is 0. The Bertz CT molecular complexity index is 406. The van der Waals surface area contributed by atoms with Crippen molar-refractivity contribution in [3.8, 4) is 0 Å². The SMILES string of the molecule is CCOC(=O)[C@H](N)c1ccccc1[N+](=O)[O-]. The van der Waals surface area contributed by atoms with Crippen molar-refractivity contribution in [1.29, 1.82) is 0 Å². The van der Waals surface area contributed by atoms with Gasteiger partial charge in [0.2, 0.25) is 0 Å². The monoisotopic (exact) mass is 224 g/mol. The molecule has 1 atom stereocenters. The van der Waals surface area contributed by atoms with Crippen LogP contribution in [0.15, 0.2) is 24.3 Å². The second-order valence-corrected chi connectivity index (χ2v) is 3.05. The number of carbonyl (C=O) groups is 1. The zero-order chi connectivity index (χ0) is 12.1. The van der Waals surface area contributed by atoms with Gasteiger partial charge in [-0.3, -0.25) is 10.1 Å². The highest BCUT2D eigenvalue weighted by Gasteiger charge is 2.24. The lowest BCUT2D eigenvalue weighted by Gasteiger charge is -2.10. The third kappa shape index (κ3) is 2.54. The van der Waals surface area contributed by atoms with Crippen molar-refractivity contribution < 1.29 is 14.5 Å². The Morgan fingerprint density at radius 2 is 2.19 bits per heavy atom. The Hall–Kier alpha value is -1.95. The van der Waals surface area contributed by atoms with Crippen LogP contribution in [0.4, 0.5) is 5.69 Å². The van der Waals surface area contributed by atoms with Gasteiger partial charge in [-0.25, -0.2) is 4.79 Å². The summed E-state index contributed by atoms with van der Waals surface area (Å²) in [6.07, 6.45) is 0. The average molecular weight is 224 g/mol. The van der Waals surface area contributed by atoms with Crippen LogP contribution < -0.4 is 5.73 Å². The molecule has 0 aliphatic heterocycles. The molecule has 0 heterocycles. The maximum Gasteiger partial charge on any atom is 0.327 e. The molecule has 0 fully saturated rings. The van der Waals surface area contributed by atoms with Crippen LogP contribution in [0.2, 0.25) is 0 Å². The average Bonchev–Trinajstić information content (AvgIpc) is 2.28. The molecule has 0 aromatic heterocycles. The number of nitro groups is 1. The number of rotatable bonds is 4. The molecule has 0 saturated heterocycles. The molecule has 0 saturated carbocycles. The number of ether oxygens (including phenoxy) is 1. The fourth-order valence-corrected chi connectivity index (χ4v) is 1.28. The van der Waals surface area contributed by atoms with E-state index in [0.717, 1.165) is 0 Å². The summed E-state index contributed by atoms with van der Waals surface area (Å²) in [7, 11) is 0. The van der Waals surface area contributed by atoms with Gasteiger partial charge in [-0.1, -0.05) is 12.1 Å². The van der Waals surface area contributed by atoms with Gasteiger partial charge in [0.1, 0.15) is 6.04 Å². The molecule has 16 heavy (non-hydrogen) atoms. The number of carbonyl (C=O) groups excluding carboxylic acids is 1. The number of hydrogen-bond donors (Lipinski definition) is 1. The van der Waals surface area contributed by atoms with Gasteiger partial charge in [0.25, 0.3) is 5.69 Å². The molecule has 2 N–H and O–H groups in total. The highest BCUT2D eigenvalue weighted by Crippen LogP contribution is 2.23. The topological polar surface area (TPSA) is 95.5 Å². The molecule has 1 aromatic rings. The van der Waals surface area contributed by atoms with E-state index in [1.807, 2.05) is 0 Å². The highest BCUT2D eigenvalue weighted by molar-refractivity contribution is 5.78. The van der Waals surface area contributed by atoms with Gasteiger partial charge in [-0.2, -0.15) is 0 Å². The number of para-hydroxylation sites is 1. The van der Waals surface area contributed by atoms with Crippen LogP contribution in [-0.4, -0.2) is 17.5 Å². The minimum absolute atomic E-state index is 0.158. The van der Waals surface area contributed by atoms with Crippen LogP contribution >= 0.6 is 0 Å². The van der Waals surface area contributed by atoms with Crippen LogP contribution in [0.5, 0.6) is 0 Å². The van der Waals surface area contributed by atoms with Crippen LogP contribution in [0.1, 0.15) is 18.5 Å². The van der Waals surface area contributed by atoms with Crippen LogP contribution in [-0.2, 0) is 9.53 Å². The quantitative estimate of drug-likeness (QED) is 0.470. The predicted molar refractivity (Wildman–Crippen MR) is 56.7 cm³/mol.